The average Bonchev–Trinajstić information content (AvgIpc) is 2.69. The number of nitrogens with zero attached hydrogens (tertiary/aromatic N) is 1. The second kappa shape index (κ2) is 9.41. The van der Waals surface area contributed by atoms with Gasteiger partial charge in [-0.1, -0.05) is 6.07 Å². The molecule has 1 heterocycles. The average molecular weight is 477 g/mol. The number of rotatable bonds is 8. The van der Waals surface area contributed by atoms with Crippen molar-refractivity contribution in [3.63, 3.8) is 0 Å². The van der Waals surface area contributed by atoms with Crippen LogP contribution in [0.5, 0.6) is 11.5 Å². The standard InChI is InChI=1S/C22H22F2N4O4S/c1-12(2)33(30,31)28-15-9-16(11-26-10-15)32-20-8-14(23)7-19(21(20)22(25)29)27-18-5-4-13(3)6-17(18)24/h4-12,27-28H,1-3H3,(H2,25,29). The Morgan fingerprint density at radius 2 is 1.82 bits per heavy atom. The van der Waals surface area contributed by atoms with Gasteiger partial charge < -0.3 is 15.8 Å². The second-order valence-electron chi connectivity index (χ2n) is 7.51. The van der Waals surface area contributed by atoms with Crippen molar-refractivity contribution in [3.8, 4) is 11.5 Å². The van der Waals surface area contributed by atoms with Gasteiger partial charge in [-0.05, 0) is 44.5 Å². The molecule has 3 rings (SSSR count). The molecule has 3 aromatic rings. The van der Waals surface area contributed by atoms with Crippen molar-refractivity contribution in [1.29, 1.82) is 0 Å². The Morgan fingerprint density at radius 3 is 2.45 bits per heavy atom. The van der Waals surface area contributed by atoms with Crippen LogP contribution in [-0.4, -0.2) is 24.6 Å². The molecule has 0 bridgehead atoms. The van der Waals surface area contributed by atoms with E-state index in [4.69, 9.17) is 10.5 Å². The summed E-state index contributed by atoms with van der Waals surface area (Å²) < 4.78 is 60.8. The topological polar surface area (TPSA) is 123 Å². The Labute approximate surface area is 189 Å². The van der Waals surface area contributed by atoms with Gasteiger partial charge in [0, 0.05) is 12.1 Å². The molecule has 0 aliphatic carbocycles. The van der Waals surface area contributed by atoms with Gasteiger partial charge in [0.25, 0.3) is 5.91 Å². The lowest BCUT2D eigenvalue weighted by Crippen LogP contribution is -2.22. The second-order valence-corrected chi connectivity index (χ2v) is 9.74. The molecule has 0 radical (unpaired) electrons. The molecule has 1 amide bonds. The summed E-state index contributed by atoms with van der Waals surface area (Å²) in [6.45, 7) is 4.72. The van der Waals surface area contributed by atoms with Crippen LogP contribution in [0.4, 0.5) is 25.8 Å². The fourth-order valence-corrected chi connectivity index (χ4v) is 3.50. The number of aryl methyl sites for hydroxylation is 1. The van der Waals surface area contributed by atoms with Crippen molar-refractivity contribution in [1.82, 2.24) is 4.98 Å². The van der Waals surface area contributed by atoms with Gasteiger partial charge in [0.1, 0.15) is 28.7 Å². The highest BCUT2D eigenvalue weighted by atomic mass is 32.2. The number of carbonyl (C=O) groups is 1. The molecule has 174 valence electrons. The lowest BCUT2D eigenvalue weighted by molar-refractivity contribution is 0.0999. The van der Waals surface area contributed by atoms with Gasteiger partial charge in [0.2, 0.25) is 10.0 Å². The number of primary amides is 1. The summed E-state index contributed by atoms with van der Waals surface area (Å²) in [5, 5.41) is 1.98. The number of nitrogens with one attached hydrogen (secondary N) is 2. The van der Waals surface area contributed by atoms with E-state index < -0.39 is 32.8 Å². The van der Waals surface area contributed by atoms with E-state index >= 15 is 0 Å². The number of nitrogens with two attached hydrogens (primary N) is 1. The molecule has 0 unspecified atom stereocenters. The van der Waals surface area contributed by atoms with Gasteiger partial charge >= 0.3 is 0 Å². The molecule has 8 nitrogen and oxygen atoms in total. The molecule has 33 heavy (non-hydrogen) atoms. The zero-order valence-electron chi connectivity index (χ0n) is 18.0. The first kappa shape index (κ1) is 23.9. The first-order chi connectivity index (χ1) is 15.5. The summed E-state index contributed by atoms with van der Waals surface area (Å²) in [7, 11) is -3.64. The number of pyridine rings is 1. The number of sulfonamides is 1. The predicted molar refractivity (Wildman–Crippen MR) is 121 cm³/mol. The lowest BCUT2D eigenvalue weighted by Gasteiger charge is -2.16. The highest BCUT2D eigenvalue weighted by Crippen LogP contribution is 2.34. The summed E-state index contributed by atoms with van der Waals surface area (Å²) in [4.78, 5) is 16.1. The fourth-order valence-electron chi connectivity index (χ4n) is 2.82. The van der Waals surface area contributed by atoms with Crippen LogP contribution in [0, 0.1) is 18.6 Å². The monoisotopic (exact) mass is 476 g/mol. The van der Waals surface area contributed by atoms with Gasteiger partial charge in [0.05, 0.1) is 34.7 Å². The highest BCUT2D eigenvalue weighted by molar-refractivity contribution is 7.93. The molecular formula is C22H22F2N4O4S. The van der Waals surface area contributed by atoms with E-state index in [0.29, 0.717) is 5.56 Å². The Bertz CT molecular complexity index is 1310. The maximum absolute atomic E-state index is 14.4. The summed E-state index contributed by atoms with van der Waals surface area (Å²) in [5.74, 6) is -2.59. The molecule has 2 aromatic carbocycles. The number of amides is 1. The van der Waals surface area contributed by atoms with Crippen molar-refractivity contribution in [2.45, 2.75) is 26.0 Å². The van der Waals surface area contributed by atoms with Gasteiger partial charge in [-0.15, -0.1) is 0 Å². The lowest BCUT2D eigenvalue weighted by atomic mass is 10.1. The number of benzene rings is 2. The van der Waals surface area contributed by atoms with Crippen LogP contribution in [0.15, 0.2) is 48.8 Å². The smallest absolute Gasteiger partial charge is 0.254 e. The summed E-state index contributed by atoms with van der Waals surface area (Å²) in [6, 6.07) is 7.59. The molecule has 0 spiro atoms. The molecular weight excluding hydrogens is 454 g/mol. The van der Waals surface area contributed by atoms with Crippen molar-refractivity contribution in [3.05, 3.63) is 71.6 Å². The number of ether oxygens (including phenoxy) is 1. The third-order valence-electron chi connectivity index (χ3n) is 4.53. The van der Waals surface area contributed by atoms with E-state index in [0.717, 1.165) is 12.1 Å². The third kappa shape index (κ3) is 5.75. The molecule has 0 saturated heterocycles. The van der Waals surface area contributed by atoms with Crippen LogP contribution in [-0.2, 0) is 10.0 Å². The number of hydrogen-bond acceptors (Lipinski definition) is 6. The maximum Gasteiger partial charge on any atom is 0.254 e. The Morgan fingerprint density at radius 1 is 1.09 bits per heavy atom. The van der Waals surface area contributed by atoms with E-state index in [1.54, 1.807) is 13.0 Å². The largest absolute Gasteiger partial charge is 0.455 e. The van der Waals surface area contributed by atoms with Crippen molar-refractivity contribution in [2.75, 3.05) is 10.0 Å². The van der Waals surface area contributed by atoms with E-state index in [9.17, 15) is 22.0 Å². The van der Waals surface area contributed by atoms with Gasteiger partial charge in [-0.25, -0.2) is 17.2 Å². The van der Waals surface area contributed by atoms with Crippen LogP contribution < -0.4 is 20.5 Å². The third-order valence-corrected chi connectivity index (χ3v) is 6.29. The van der Waals surface area contributed by atoms with Gasteiger partial charge in [-0.2, -0.15) is 0 Å². The van der Waals surface area contributed by atoms with E-state index in [-0.39, 0.29) is 34.1 Å². The number of carbonyl (C=O) groups excluding carboxylic acids is 1. The molecule has 1 aromatic heterocycles. The SMILES string of the molecule is Cc1ccc(Nc2cc(F)cc(Oc3cncc(NS(=O)(=O)C(C)C)c3)c2C(N)=O)c(F)c1. The van der Waals surface area contributed by atoms with E-state index in [1.807, 2.05) is 0 Å². The number of aromatic nitrogens is 1. The number of anilines is 3. The number of hydrogen-bond donors (Lipinski definition) is 3. The fraction of sp³-hybridized carbons (Fsp3) is 0.182. The van der Waals surface area contributed by atoms with Crippen LogP contribution >= 0.6 is 0 Å². The minimum absolute atomic E-state index is 0.00593. The zero-order chi connectivity index (χ0) is 24.3. The maximum atomic E-state index is 14.4. The molecule has 11 heteroatoms. The quantitative estimate of drug-likeness (QED) is 0.441. The van der Waals surface area contributed by atoms with Crippen LogP contribution in [0.3, 0.4) is 0 Å². The van der Waals surface area contributed by atoms with Crippen LogP contribution in [0.1, 0.15) is 29.8 Å². The molecule has 0 aliphatic heterocycles. The van der Waals surface area contributed by atoms with E-state index in [2.05, 4.69) is 15.0 Å². The first-order valence-electron chi connectivity index (χ1n) is 9.77. The molecule has 4 N–H and O–H groups in total. The minimum Gasteiger partial charge on any atom is -0.455 e. The predicted octanol–water partition coefficient (Wildman–Crippen LogP) is 4.45. The van der Waals surface area contributed by atoms with Crippen molar-refractivity contribution >= 4 is 33.0 Å². The van der Waals surface area contributed by atoms with Gasteiger partial charge in [0.15, 0.2) is 0 Å². The minimum atomic E-state index is -3.64. The normalized spacial score (nSPS) is 11.3. The Kier molecular flexibility index (Phi) is 6.82. The molecule has 0 atom stereocenters. The Hall–Kier alpha value is -3.73. The summed E-state index contributed by atoms with van der Waals surface area (Å²) in [6.07, 6.45) is 2.51. The van der Waals surface area contributed by atoms with Crippen LogP contribution in [0.2, 0.25) is 0 Å². The van der Waals surface area contributed by atoms with Gasteiger partial charge in [-0.3, -0.25) is 14.5 Å². The first-order valence-corrected chi connectivity index (χ1v) is 11.3. The molecule has 0 fully saturated rings. The molecule has 0 aliphatic rings. The zero-order valence-corrected chi connectivity index (χ0v) is 18.8. The van der Waals surface area contributed by atoms with Crippen molar-refractivity contribution < 1.29 is 26.7 Å². The molecule has 0 saturated carbocycles. The number of halogens is 2. The Balaban J connectivity index is 1.99. The summed E-state index contributed by atoms with van der Waals surface area (Å²) >= 11 is 0. The summed E-state index contributed by atoms with van der Waals surface area (Å²) in [5.41, 5.74) is 5.95. The van der Waals surface area contributed by atoms with Crippen molar-refractivity contribution in [2.24, 2.45) is 5.73 Å². The van der Waals surface area contributed by atoms with Crippen LogP contribution in [0.25, 0.3) is 0 Å². The highest BCUT2D eigenvalue weighted by Gasteiger charge is 2.20. The van der Waals surface area contributed by atoms with E-state index in [1.165, 1.54) is 44.4 Å².